The van der Waals surface area contributed by atoms with Crippen LogP contribution >= 0.6 is 23.6 Å². The molecule has 12 heavy (non-hydrogen) atoms. The second-order valence-electron chi connectivity index (χ2n) is 1.79. The Kier molecular flexibility index (Phi) is 4.50. The molecule has 5 nitrogen and oxygen atoms in total. The van der Waals surface area contributed by atoms with Gasteiger partial charge in [0.2, 0.25) is 0 Å². The van der Waals surface area contributed by atoms with Crippen LogP contribution in [-0.2, 0) is 0 Å². The van der Waals surface area contributed by atoms with E-state index < -0.39 is 11.4 Å². The minimum atomic E-state index is -0.828. The third kappa shape index (κ3) is 2.11. The summed E-state index contributed by atoms with van der Waals surface area (Å²) in [7, 11) is 0. The van der Waals surface area contributed by atoms with Gasteiger partial charge in [0.25, 0.3) is 0 Å². The molecule has 0 fully saturated rings. The molecular weight excluding hydrogens is 216 g/mol. The van der Waals surface area contributed by atoms with E-state index in [2.05, 4.69) is 4.98 Å². The van der Waals surface area contributed by atoms with Crippen molar-refractivity contribution in [2.75, 3.05) is 0 Å². The van der Waals surface area contributed by atoms with E-state index in [1.165, 1.54) is 6.92 Å². The van der Waals surface area contributed by atoms with Gasteiger partial charge in [0.1, 0.15) is 5.82 Å². The molecule has 0 atom stereocenters. The van der Waals surface area contributed by atoms with Crippen molar-refractivity contribution in [3.63, 3.8) is 0 Å². The standard InChI is InChI=1S/C4H3Cl2N3O2.Na/c1-2-7-3(10)9(6)4(11)8(2)5;/h1H3;/q;+1. The maximum absolute atomic E-state index is 10.8. The second-order valence-corrected chi connectivity index (χ2v) is 2.46. The Hall–Kier alpha value is 0.190. The Balaban J connectivity index is 0.00000121. The summed E-state index contributed by atoms with van der Waals surface area (Å²) in [5.41, 5.74) is -1.64. The fraction of sp³-hybridized carbons (Fsp3) is 0.250. The van der Waals surface area contributed by atoms with Crippen molar-refractivity contribution in [1.82, 2.24) is 13.2 Å². The average molecular weight is 219 g/mol. The van der Waals surface area contributed by atoms with Gasteiger partial charge in [-0.3, -0.25) is 0 Å². The first-order chi connectivity index (χ1) is 5.04. The van der Waals surface area contributed by atoms with Gasteiger partial charge in [-0.25, -0.2) is 9.59 Å². The summed E-state index contributed by atoms with van der Waals surface area (Å²) in [6.45, 7) is 1.42. The van der Waals surface area contributed by atoms with E-state index in [1.54, 1.807) is 0 Å². The Morgan fingerprint density at radius 2 is 1.75 bits per heavy atom. The molecule has 8 heteroatoms. The molecule has 1 aromatic rings. The van der Waals surface area contributed by atoms with Crippen LogP contribution in [0.2, 0.25) is 0 Å². The number of hydrogen-bond donors (Lipinski definition) is 0. The molecule has 0 aliphatic rings. The molecule has 0 aliphatic heterocycles. The summed E-state index contributed by atoms with van der Waals surface area (Å²) >= 11 is 10.5. The van der Waals surface area contributed by atoms with Crippen molar-refractivity contribution in [2.24, 2.45) is 0 Å². The van der Waals surface area contributed by atoms with Crippen LogP contribution in [0.25, 0.3) is 0 Å². The van der Waals surface area contributed by atoms with Gasteiger partial charge in [0, 0.05) is 23.6 Å². The first-order valence-electron chi connectivity index (χ1n) is 2.59. The second kappa shape index (κ2) is 4.43. The molecule has 1 heterocycles. The average Bonchev–Trinajstić information content (AvgIpc) is 1.97. The predicted molar refractivity (Wildman–Crippen MR) is 40.0 cm³/mol. The van der Waals surface area contributed by atoms with E-state index >= 15 is 0 Å². The number of rotatable bonds is 0. The Morgan fingerprint density at radius 1 is 1.25 bits per heavy atom. The van der Waals surface area contributed by atoms with E-state index in [-0.39, 0.29) is 35.4 Å². The molecule has 0 unspecified atom stereocenters. The summed E-state index contributed by atoms with van der Waals surface area (Å²) in [6.07, 6.45) is 0. The number of halogens is 2. The summed E-state index contributed by atoms with van der Waals surface area (Å²) in [4.78, 5) is 24.8. The van der Waals surface area contributed by atoms with Crippen LogP contribution in [-0.4, -0.2) is 13.2 Å². The van der Waals surface area contributed by atoms with Crippen LogP contribution in [0.4, 0.5) is 0 Å². The number of nitrogens with zero attached hydrogens (tertiary/aromatic N) is 3. The first-order valence-corrected chi connectivity index (χ1v) is 3.26. The Labute approximate surface area is 99.4 Å². The van der Waals surface area contributed by atoms with Gasteiger partial charge in [-0.15, -0.1) is 4.09 Å². The van der Waals surface area contributed by atoms with Crippen molar-refractivity contribution in [2.45, 2.75) is 6.92 Å². The molecule has 0 saturated heterocycles. The summed E-state index contributed by atoms with van der Waals surface area (Å²) in [5, 5.41) is 0. The number of hydrogen-bond acceptors (Lipinski definition) is 3. The van der Waals surface area contributed by atoms with Crippen LogP contribution < -0.4 is 40.9 Å². The largest absolute Gasteiger partial charge is 1.00 e. The Morgan fingerprint density at radius 3 is 2.25 bits per heavy atom. The van der Waals surface area contributed by atoms with Gasteiger partial charge >= 0.3 is 40.9 Å². The summed E-state index contributed by atoms with van der Waals surface area (Å²) in [5.74, 6) is 0.110. The van der Waals surface area contributed by atoms with Gasteiger partial charge in [-0.05, 0) is 6.92 Å². The van der Waals surface area contributed by atoms with Crippen LogP contribution in [0.5, 0.6) is 0 Å². The molecule has 1 rings (SSSR count). The van der Waals surface area contributed by atoms with E-state index in [4.69, 9.17) is 23.6 Å². The van der Waals surface area contributed by atoms with Crippen molar-refractivity contribution >= 4 is 23.6 Å². The topological polar surface area (TPSA) is 56.9 Å². The van der Waals surface area contributed by atoms with Gasteiger partial charge in [-0.1, -0.05) is 0 Å². The fourth-order valence-corrected chi connectivity index (χ4v) is 0.789. The molecule has 0 bridgehead atoms. The molecule has 0 radical (unpaired) electrons. The molecule has 0 aromatic carbocycles. The smallest absolute Gasteiger partial charge is 0.245 e. The maximum atomic E-state index is 10.8. The normalized spacial score (nSPS) is 9.25. The third-order valence-electron chi connectivity index (χ3n) is 1.05. The fourth-order valence-electron chi connectivity index (χ4n) is 0.524. The molecule has 0 N–H and O–H groups in total. The van der Waals surface area contributed by atoms with Gasteiger partial charge in [0.15, 0.2) is 0 Å². The zero-order valence-electron chi connectivity index (χ0n) is 6.41. The Bertz CT molecular complexity index is 398. The van der Waals surface area contributed by atoms with Crippen LogP contribution in [0.15, 0.2) is 9.59 Å². The van der Waals surface area contributed by atoms with Gasteiger partial charge in [0.05, 0.1) is 0 Å². The van der Waals surface area contributed by atoms with E-state index in [9.17, 15) is 9.59 Å². The van der Waals surface area contributed by atoms with E-state index in [0.29, 0.717) is 8.17 Å². The monoisotopic (exact) mass is 218 g/mol. The summed E-state index contributed by atoms with van der Waals surface area (Å²) < 4.78 is 0.967. The molecule has 60 valence electrons. The van der Waals surface area contributed by atoms with Crippen molar-refractivity contribution in [3.8, 4) is 0 Å². The SMILES string of the molecule is Cc1nc(=O)n(Cl)c(=O)n1Cl.[Na+]. The van der Waals surface area contributed by atoms with Crippen LogP contribution in [0, 0.1) is 6.92 Å². The molecular formula is C4H3Cl2N3NaO2+. The van der Waals surface area contributed by atoms with Crippen molar-refractivity contribution in [1.29, 1.82) is 0 Å². The number of aryl methyl sites for hydroxylation is 1. The van der Waals surface area contributed by atoms with Crippen LogP contribution in [0.3, 0.4) is 0 Å². The summed E-state index contributed by atoms with van der Waals surface area (Å²) in [6, 6.07) is 0. The zero-order valence-corrected chi connectivity index (χ0v) is 9.93. The zero-order chi connectivity index (χ0) is 8.59. The van der Waals surface area contributed by atoms with Crippen molar-refractivity contribution in [3.05, 3.63) is 26.8 Å². The van der Waals surface area contributed by atoms with Crippen molar-refractivity contribution < 1.29 is 29.6 Å². The molecule has 0 amide bonds. The molecule has 0 spiro atoms. The van der Waals surface area contributed by atoms with E-state index in [1.807, 2.05) is 0 Å². The minimum absolute atomic E-state index is 0. The third-order valence-corrected chi connectivity index (χ3v) is 1.72. The van der Waals surface area contributed by atoms with Gasteiger partial charge < -0.3 is 0 Å². The molecule has 1 aromatic heterocycles. The predicted octanol–water partition coefficient (Wildman–Crippen LogP) is -3.28. The van der Waals surface area contributed by atoms with E-state index in [0.717, 1.165) is 0 Å². The quantitative estimate of drug-likeness (QED) is 0.430. The van der Waals surface area contributed by atoms with Gasteiger partial charge in [-0.2, -0.15) is 9.07 Å². The molecule has 0 aliphatic carbocycles. The number of aromatic nitrogens is 3. The van der Waals surface area contributed by atoms with Crippen LogP contribution in [0.1, 0.15) is 5.82 Å². The first kappa shape index (κ1) is 12.2. The molecule has 0 saturated carbocycles. The maximum Gasteiger partial charge on any atom is 1.00 e. The minimum Gasteiger partial charge on any atom is -0.245 e.